The Balaban J connectivity index is 2.10. The molecule has 4 rings (SSSR count). The number of fused-ring (bicyclic) bond motifs is 2. The first-order valence-electron chi connectivity index (χ1n) is 7.26. The van der Waals surface area contributed by atoms with E-state index in [4.69, 9.17) is 8.83 Å². The topological polar surface area (TPSA) is 43.4 Å². The van der Waals surface area contributed by atoms with Crippen molar-refractivity contribution >= 4 is 21.9 Å². The zero-order valence-electron chi connectivity index (χ0n) is 12.6. The Bertz CT molecular complexity index is 1120. The van der Waals surface area contributed by atoms with Crippen molar-refractivity contribution in [3.05, 3.63) is 69.8 Å². The number of rotatable bonds is 1. The second kappa shape index (κ2) is 4.81. The summed E-state index contributed by atoms with van der Waals surface area (Å²) in [7, 11) is 0. The number of halogens is 1. The molecule has 114 valence electrons. The lowest BCUT2D eigenvalue weighted by Gasteiger charge is -2.04. The van der Waals surface area contributed by atoms with E-state index in [9.17, 15) is 9.18 Å². The summed E-state index contributed by atoms with van der Waals surface area (Å²) in [6.45, 7) is 3.79. The van der Waals surface area contributed by atoms with Crippen LogP contribution in [0.2, 0.25) is 0 Å². The van der Waals surface area contributed by atoms with Crippen LogP contribution in [0, 0.1) is 19.7 Å². The fraction of sp³-hybridized carbons (Fsp3) is 0.105. The Hall–Kier alpha value is -2.88. The molecule has 2 aromatic heterocycles. The Morgan fingerprint density at radius 2 is 1.70 bits per heavy atom. The number of hydrogen-bond acceptors (Lipinski definition) is 3. The quantitative estimate of drug-likeness (QED) is 0.467. The summed E-state index contributed by atoms with van der Waals surface area (Å²) in [5, 5.41) is 1.49. The van der Waals surface area contributed by atoms with Crippen LogP contribution in [-0.4, -0.2) is 0 Å². The monoisotopic (exact) mass is 308 g/mol. The molecular formula is C19H13FO3. The van der Waals surface area contributed by atoms with Gasteiger partial charge in [0.15, 0.2) is 0 Å². The van der Waals surface area contributed by atoms with Crippen LogP contribution < -0.4 is 5.63 Å². The van der Waals surface area contributed by atoms with Gasteiger partial charge < -0.3 is 8.83 Å². The summed E-state index contributed by atoms with van der Waals surface area (Å²) in [4.78, 5) is 11.9. The maximum absolute atomic E-state index is 13.5. The predicted octanol–water partition coefficient (Wildman–Crippen LogP) is 4.96. The average Bonchev–Trinajstić information content (AvgIpc) is 2.83. The average molecular weight is 308 g/mol. The van der Waals surface area contributed by atoms with Gasteiger partial charge in [-0.15, -0.1) is 0 Å². The number of aryl methyl sites for hydroxylation is 2. The molecule has 0 fully saturated rings. The van der Waals surface area contributed by atoms with Gasteiger partial charge in [0.25, 0.3) is 0 Å². The van der Waals surface area contributed by atoms with Crippen molar-refractivity contribution in [1.82, 2.24) is 0 Å². The Morgan fingerprint density at radius 3 is 2.52 bits per heavy atom. The molecule has 0 saturated carbocycles. The molecule has 0 N–H and O–H groups in total. The molecule has 0 aliphatic rings. The number of benzene rings is 2. The maximum Gasteiger partial charge on any atom is 0.336 e. The van der Waals surface area contributed by atoms with E-state index in [2.05, 4.69) is 0 Å². The third-order valence-electron chi connectivity index (χ3n) is 4.04. The van der Waals surface area contributed by atoms with Crippen molar-refractivity contribution in [2.75, 3.05) is 0 Å². The molecule has 0 aliphatic heterocycles. The third kappa shape index (κ3) is 2.14. The highest BCUT2D eigenvalue weighted by Gasteiger charge is 2.17. The minimum absolute atomic E-state index is 0.319. The van der Waals surface area contributed by atoms with Crippen LogP contribution >= 0.6 is 0 Å². The van der Waals surface area contributed by atoms with Gasteiger partial charge in [0.1, 0.15) is 22.7 Å². The molecule has 23 heavy (non-hydrogen) atoms. The lowest BCUT2D eigenvalue weighted by molar-refractivity contribution is 0.559. The van der Waals surface area contributed by atoms with Crippen LogP contribution in [0.25, 0.3) is 33.3 Å². The first kappa shape index (κ1) is 13.8. The molecule has 0 aliphatic carbocycles. The molecule has 0 spiro atoms. The molecule has 0 unspecified atom stereocenters. The van der Waals surface area contributed by atoms with Crippen molar-refractivity contribution < 1.29 is 13.2 Å². The van der Waals surface area contributed by atoms with Crippen LogP contribution in [0.3, 0.4) is 0 Å². The van der Waals surface area contributed by atoms with Crippen molar-refractivity contribution in [3.63, 3.8) is 0 Å². The van der Waals surface area contributed by atoms with Crippen LogP contribution in [0.5, 0.6) is 0 Å². The summed E-state index contributed by atoms with van der Waals surface area (Å²) in [5.74, 6) is 0.244. The minimum atomic E-state index is -0.441. The largest absolute Gasteiger partial charge is 0.456 e. The van der Waals surface area contributed by atoms with Crippen molar-refractivity contribution in [2.24, 2.45) is 0 Å². The summed E-state index contributed by atoms with van der Waals surface area (Å²) in [6, 6.07) is 11.5. The second-order valence-electron chi connectivity index (χ2n) is 5.68. The van der Waals surface area contributed by atoms with Crippen LogP contribution in [0.15, 0.2) is 56.1 Å². The van der Waals surface area contributed by atoms with E-state index in [1.54, 1.807) is 6.07 Å². The zero-order valence-corrected chi connectivity index (χ0v) is 12.6. The first-order chi connectivity index (χ1) is 11.0. The standard InChI is InChI=1S/C19H13FO3/c1-10-3-5-13-15(9-18(21)22-17(13)7-10)19-11(2)14-8-12(20)4-6-16(14)23-19/h3-9H,1-2H3. The van der Waals surface area contributed by atoms with Gasteiger partial charge in [-0.1, -0.05) is 12.1 Å². The molecule has 0 amide bonds. The molecule has 4 heteroatoms. The van der Waals surface area contributed by atoms with Crippen LogP contribution in [0.4, 0.5) is 4.39 Å². The normalized spacial score (nSPS) is 11.4. The fourth-order valence-corrected chi connectivity index (χ4v) is 2.91. The molecule has 3 nitrogen and oxygen atoms in total. The summed E-state index contributed by atoms with van der Waals surface area (Å²) in [6.07, 6.45) is 0. The van der Waals surface area contributed by atoms with Gasteiger partial charge in [-0.2, -0.15) is 0 Å². The smallest absolute Gasteiger partial charge is 0.336 e. The van der Waals surface area contributed by atoms with E-state index in [0.29, 0.717) is 27.9 Å². The van der Waals surface area contributed by atoms with Gasteiger partial charge >= 0.3 is 5.63 Å². The molecule has 4 aromatic rings. The second-order valence-corrected chi connectivity index (χ2v) is 5.68. The maximum atomic E-state index is 13.5. The summed E-state index contributed by atoms with van der Waals surface area (Å²) in [5.41, 5.74) is 3.12. The van der Waals surface area contributed by atoms with Gasteiger partial charge in [0.2, 0.25) is 0 Å². The van der Waals surface area contributed by atoms with E-state index >= 15 is 0 Å². The highest BCUT2D eigenvalue weighted by molar-refractivity contribution is 5.97. The SMILES string of the molecule is Cc1ccc2c(-c3oc4ccc(F)cc4c3C)cc(=O)oc2c1. The molecule has 0 saturated heterocycles. The van der Waals surface area contributed by atoms with Crippen molar-refractivity contribution in [2.45, 2.75) is 13.8 Å². The van der Waals surface area contributed by atoms with Crippen molar-refractivity contribution in [3.8, 4) is 11.3 Å². The highest BCUT2D eigenvalue weighted by atomic mass is 19.1. The molecule has 2 heterocycles. The fourth-order valence-electron chi connectivity index (χ4n) is 2.91. The van der Waals surface area contributed by atoms with E-state index in [1.807, 2.05) is 32.0 Å². The molecule has 2 aromatic carbocycles. The molecule has 0 radical (unpaired) electrons. The predicted molar refractivity (Wildman–Crippen MR) is 87.1 cm³/mol. The Morgan fingerprint density at radius 1 is 0.870 bits per heavy atom. The van der Waals surface area contributed by atoms with Crippen molar-refractivity contribution in [1.29, 1.82) is 0 Å². The van der Waals surface area contributed by atoms with Gasteiger partial charge in [0.05, 0.1) is 0 Å². The van der Waals surface area contributed by atoms with Gasteiger partial charge in [-0.05, 0) is 43.7 Å². The Labute approximate surface area is 131 Å². The van der Waals surface area contributed by atoms with Gasteiger partial charge in [-0.3, -0.25) is 0 Å². The van der Waals surface area contributed by atoms with Crippen LogP contribution in [-0.2, 0) is 0 Å². The lowest BCUT2D eigenvalue weighted by atomic mass is 10.0. The third-order valence-corrected chi connectivity index (χ3v) is 4.04. The zero-order chi connectivity index (χ0) is 16.1. The highest BCUT2D eigenvalue weighted by Crippen LogP contribution is 2.36. The summed E-state index contributed by atoms with van der Waals surface area (Å²) < 4.78 is 24.6. The van der Waals surface area contributed by atoms with Gasteiger partial charge in [-0.25, -0.2) is 9.18 Å². The number of hydrogen-bond donors (Lipinski definition) is 0. The van der Waals surface area contributed by atoms with E-state index in [-0.39, 0.29) is 5.82 Å². The lowest BCUT2D eigenvalue weighted by Crippen LogP contribution is -1.98. The van der Waals surface area contributed by atoms with E-state index in [1.165, 1.54) is 18.2 Å². The molecular weight excluding hydrogens is 295 g/mol. The first-order valence-corrected chi connectivity index (χ1v) is 7.26. The van der Waals surface area contributed by atoms with Gasteiger partial charge in [0, 0.05) is 28.0 Å². The van der Waals surface area contributed by atoms with Crippen LogP contribution in [0.1, 0.15) is 11.1 Å². The minimum Gasteiger partial charge on any atom is -0.456 e. The molecule has 0 bridgehead atoms. The van der Waals surface area contributed by atoms with E-state index in [0.717, 1.165) is 16.5 Å². The Kier molecular flexibility index (Phi) is 2.88. The summed E-state index contributed by atoms with van der Waals surface area (Å²) >= 11 is 0. The number of furan rings is 1. The molecule has 0 atom stereocenters. The van der Waals surface area contributed by atoms with E-state index < -0.39 is 5.63 Å².